The van der Waals surface area contributed by atoms with E-state index in [0.29, 0.717) is 5.92 Å². The minimum absolute atomic E-state index is 0.318. The number of nitrogens with zero attached hydrogens (tertiary/aromatic N) is 1. The average molecular weight is 201 g/mol. The van der Waals surface area contributed by atoms with Gasteiger partial charge in [-0.15, -0.1) is 0 Å². The fourth-order valence-electron chi connectivity index (χ4n) is 2.72. The van der Waals surface area contributed by atoms with Crippen molar-refractivity contribution in [2.24, 2.45) is 10.9 Å². The number of ether oxygens (including phenoxy) is 1. The van der Waals surface area contributed by atoms with Crippen LogP contribution in [-0.2, 0) is 4.74 Å². The Hall–Kier alpha value is -1.15. The van der Waals surface area contributed by atoms with E-state index in [1.54, 1.807) is 7.11 Å². The van der Waals surface area contributed by atoms with Gasteiger partial charge < -0.3 is 4.74 Å². The first-order valence-electron chi connectivity index (χ1n) is 5.55. The summed E-state index contributed by atoms with van der Waals surface area (Å²) in [5.74, 6) is 0.381. The highest BCUT2D eigenvalue weighted by Gasteiger charge is 2.41. The van der Waals surface area contributed by atoms with Gasteiger partial charge >= 0.3 is 0 Å². The van der Waals surface area contributed by atoms with Crippen LogP contribution in [-0.4, -0.2) is 18.5 Å². The summed E-state index contributed by atoms with van der Waals surface area (Å²) in [5, 5.41) is 0. The van der Waals surface area contributed by atoms with Crippen LogP contribution in [0, 0.1) is 5.92 Å². The maximum Gasteiger partial charge on any atom is 0.180 e. The predicted molar refractivity (Wildman–Crippen MR) is 60.9 cm³/mol. The molecule has 1 aliphatic heterocycles. The second-order valence-electron chi connectivity index (χ2n) is 4.34. The van der Waals surface area contributed by atoms with Crippen molar-refractivity contribution < 1.29 is 4.74 Å². The van der Waals surface area contributed by atoms with Gasteiger partial charge in [-0.1, -0.05) is 24.3 Å². The summed E-state index contributed by atoms with van der Waals surface area (Å²) in [6.07, 6.45) is 14.1. The molecule has 3 aliphatic rings. The van der Waals surface area contributed by atoms with Crippen LogP contribution >= 0.6 is 0 Å². The molecule has 0 spiro atoms. The zero-order valence-corrected chi connectivity index (χ0v) is 8.94. The summed E-state index contributed by atoms with van der Waals surface area (Å²) in [5.41, 5.74) is 2.20. The first-order chi connectivity index (χ1) is 7.34. The van der Waals surface area contributed by atoms with Crippen molar-refractivity contribution in [2.75, 3.05) is 7.11 Å². The van der Waals surface area contributed by atoms with E-state index in [9.17, 15) is 0 Å². The third kappa shape index (κ3) is 1.25. The largest absolute Gasteiger partial charge is 0.353 e. The quantitative estimate of drug-likeness (QED) is 0.598. The molecule has 0 saturated heterocycles. The van der Waals surface area contributed by atoms with Crippen molar-refractivity contribution in [3.8, 4) is 0 Å². The molecule has 3 rings (SSSR count). The molecular weight excluding hydrogens is 186 g/mol. The highest BCUT2D eigenvalue weighted by Crippen LogP contribution is 2.43. The SMILES string of the molecule is CO[C@]12CCCC1=C[C@H]1C=CC=CC1=N2. The van der Waals surface area contributed by atoms with Gasteiger partial charge in [0.15, 0.2) is 5.72 Å². The molecule has 0 bridgehead atoms. The van der Waals surface area contributed by atoms with Crippen molar-refractivity contribution in [1.82, 2.24) is 0 Å². The number of aliphatic imine (C=N–C) groups is 1. The van der Waals surface area contributed by atoms with E-state index in [4.69, 9.17) is 9.73 Å². The summed E-state index contributed by atoms with van der Waals surface area (Å²) in [6.45, 7) is 0. The molecule has 0 aromatic rings. The Balaban J connectivity index is 2.06. The van der Waals surface area contributed by atoms with Gasteiger partial charge in [-0.25, -0.2) is 0 Å². The van der Waals surface area contributed by atoms with Gasteiger partial charge in [0.25, 0.3) is 0 Å². The molecule has 2 atom stereocenters. The molecular formula is C13H15NO. The minimum atomic E-state index is -0.318. The number of fused-ring (bicyclic) bond motifs is 2. The molecule has 78 valence electrons. The van der Waals surface area contributed by atoms with Crippen molar-refractivity contribution in [3.63, 3.8) is 0 Å². The Morgan fingerprint density at radius 3 is 3.27 bits per heavy atom. The van der Waals surface area contributed by atoms with E-state index in [1.807, 2.05) is 6.08 Å². The Morgan fingerprint density at radius 1 is 1.47 bits per heavy atom. The fraction of sp³-hybridized carbons (Fsp3) is 0.462. The van der Waals surface area contributed by atoms with Gasteiger partial charge in [-0.3, -0.25) is 4.99 Å². The molecule has 0 radical (unpaired) electrons. The van der Waals surface area contributed by atoms with Gasteiger partial charge in [0, 0.05) is 25.2 Å². The summed E-state index contributed by atoms with van der Waals surface area (Å²) in [6, 6.07) is 0. The molecule has 0 amide bonds. The molecule has 2 nitrogen and oxygen atoms in total. The van der Waals surface area contributed by atoms with E-state index in [-0.39, 0.29) is 5.72 Å². The Labute approximate surface area is 90.0 Å². The van der Waals surface area contributed by atoms with E-state index >= 15 is 0 Å². The molecule has 1 saturated carbocycles. The Bertz CT molecular complexity index is 403. The van der Waals surface area contributed by atoms with Gasteiger partial charge in [0.2, 0.25) is 0 Å². The lowest BCUT2D eigenvalue weighted by atomic mass is 9.89. The summed E-state index contributed by atoms with van der Waals surface area (Å²) in [4.78, 5) is 4.80. The van der Waals surface area contributed by atoms with Crippen LogP contribution < -0.4 is 0 Å². The van der Waals surface area contributed by atoms with Crippen LogP contribution in [0.5, 0.6) is 0 Å². The third-order valence-corrected chi connectivity index (χ3v) is 3.53. The Kier molecular flexibility index (Phi) is 1.93. The van der Waals surface area contributed by atoms with Gasteiger partial charge in [0.05, 0.1) is 0 Å². The van der Waals surface area contributed by atoms with Crippen molar-refractivity contribution in [2.45, 2.75) is 25.0 Å². The lowest BCUT2D eigenvalue weighted by Gasteiger charge is -2.32. The number of hydrogen-bond donors (Lipinski definition) is 0. The molecule has 15 heavy (non-hydrogen) atoms. The maximum atomic E-state index is 5.64. The molecule has 0 aromatic heterocycles. The fourth-order valence-corrected chi connectivity index (χ4v) is 2.72. The van der Waals surface area contributed by atoms with Crippen LogP contribution in [0.25, 0.3) is 0 Å². The maximum absolute atomic E-state index is 5.64. The molecule has 0 aromatic carbocycles. The van der Waals surface area contributed by atoms with Crippen molar-refractivity contribution in [3.05, 3.63) is 36.0 Å². The van der Waals surface area contributed by atoms with E-state index in [0.717, 1.165) is 18.6 Å². The monoisotopic (exact) mass is 201 g/mol. The molecule has 2 aliphatic carbocycles. The number of methoxy groups -OCH3 is 1. The van der Waals surface area contributed by atoms with Crippen LogP contribution in [0.2, 0.25) is 0 Å². The third-order valence-electron chi connectivity index (χ3n) is 3.53. The Morgan fingerprint density at radius 2 is 2.40 bits per heavy atom. The lowest BCUT2D eigenvalue weighted by Crippen LogP contribution is -2.33. The molecule has 0 N–H and O–H groups in total. The molecule has 1 fully saturated rings. The van der Waals surface area contributed by atoms with E-state index in [2.05, 4.69) is 24.3 Å². The predicted octanol–water partition coefficient (Wildman–Crippen LogP) is 2.64. The first kappa shape index (κ1) is 9.10. The van der Waals surface area contributed by atoms with Gasteiger partial charge in [-0.05, 0) is 24.5 Å². The molecule has 0 unspecified atom stereocenters. The zero-order chi connectivity index (χ0) is 10.3. The number of dihydropyridines is 1. The normalized spacial score (nSPS) is 37.0. The standard InChI is InChI=1S/C13H15NO/c1-15-13-8-4-6-11(13)9-10-5-2-3-7-12(10)14-13/h2-3,5,7,9-10H,4,6,8H2,1H3/t10-,13-/m1/s1. The smallest absolute Gasteiger partial charge is 0.180 e. The average Bonchev–Trinajstić information content (AvgIpc) is 2.69. The van der Waals surface area contributed by atoms with Gasteiger partial charge in [-0.2, -0.15) is 0 Å². The summed E-state index contributed by atoms with van der Waals surface area (Å²) >= 11 is 0. The summed E-state index contributed by atoms with van der Waals surface area (Å²) < 4.78 is 5.64. The molecule has 2 heteroatoms. The van der Waals surface area contributed by atoms with Crippen LogP contribution in [0.1, 0.15) is 19.3 Å². The zero-order valence-electron chi connectivity index (χ0n) is 8.94. The number of hydrogen-bond acceptors (Lipinski definition) is 2. The van der Waals surface area contributed by atoms with Crippen molar-refractivity contribution >= 4 is 5.71 Å². The second-order valence-corrected chi connectivity index (χ2v) is 4.34. The topological polar surface area (TPSA) is 21.6 Å². The van der Waals surface area contributed by atoms with Crippen LogP contribution in [0.15, 0.2) is 40.9 Å². The van der Waals surface area contributed by atoms with Crippen molar-refractivity contribution in [1.29, 1.82) is 0 Å². The van der Waals surface area contributed by atoms with Crippen LogP contribution in [0.4, 0.5) is 0 Å². The lowest BCUT2D eigenvalue weighted by molar-refractivity contribution is 0.0336. The minimum Gasteiger partial charge on any atom is -0.353 e. The molecule has 1 heterocycles. The van der Waals surface area contributed by atoms with E-state index < -0.39 is 0 Å². The highest BCUT2D eigenvalue weighted by molar-refractivity contribution is 6.01. The highest BCUT2D eigenvalue weighted by atomic mass is 16.5. The van der Waals surface area contributed by atoms with E-state index in [1.165, 1.54) is 12.0 Å². The van der Waals surface area contributed by atoms with Crippen LogP contribution in [0.3, 0.4) is 0 Å². The number of allylic oxidation sites excluding steroid dienone is 5. The summed E-state index contributed by atoms with van der Waals surface area (Å²) in [7, 11) is 1.77. The second kappa shape index (κ2) is 3.17. The van der Waals surface area contributed by atoms with Gasteiger partial charge in [0.1, 0.15) is 0 Å². The number of rotatable bonds is 1. The first-order valence-corrected chi connectivity index (χ1v) is 5.55.